The third kappa shape index (κ3) is 3.61. The lowest BCUT2D eigenvalue weighted by Gasteiger charge is -2.12. The van der Waals surface area contributed by atoms with Gasteiger partial charge in [-0.15, -0.1) is 0 Å². The van der Waals surface area contributed by atoms with Crippen molar-refractivity contribution in [2.45, 2.75) is 6.61 Å². The monoisotopic (exact) mass is 272 g/mol. The second kappa shape index (κ2) is 6.58. The molecule has 5 nitrogen and oxygen atoms in total. The Balaban J connectivity index is 2.18. The number of rotatable bonds is 5. The third-order valence-corrected chi connectivity index (χ3v) is 2.85. The first-order valence-corrected chi connectivity index (χ1v) is 6.11. The van der Waals surface area contributed by atoms with E-state index in [1.54, 1.807) is 0 Å². The van der Waals surface area contributed by atoms with E-state index in [-0.39, 0.29) is 23.3 Å². The molecule has 0 saturated carbocycles. The minimum absolute atomic E-state index is 0.0894. The summed E-state index contributed by atoms with van der Waals surface area (Å²) in [6.07, 6.45) is 0. The van der Waals surface area contributed by atoms with Crippen molar-refractivity contribution < 1.29 is 24.8 Å². The van der Waals surface area contributed by atoms with E-state index in [0.717, 1.165) is 5.56 Å². The maximum atomic E-state index is 9.32. The molecule has 0 aliphatic heterocycles. The molecule has 0 aromatic heterocycles. The minimum atomic E-state index is -1.75. The van der Waals surface area contributed by atoms with Crippen molar-refractivity contribution in [1.29, 1.82) is 0 Å². The first-order chi connectivity index (χ1) is 9.58. The molecule has 0 amide bonds. The predicted molar refractivity (Wildman–Crippen MR) is 76.9 cm³/mol. The molecule has 0 heterocycles. The van der Waals surface area contributed by atoms with Crippen molar-refractivity contribution in [2.75, 3.05) is 0 Å². The Morgan fingerprint density at radius 3 is 2.15 bits per heavy atom. The molecule has 0 saturated heterocycles. The van der Waals surface area contributed by atoms with Crippen LogP contribution in [0.5, 0.6) is 5.75 Å². The lowest BCUT2D eigenvalue weighted by Crippen LogP contribution is -2.38. The van der Waals surface area contributed by atoms with Crippen molar-refractivity contribution >= 4 is 25.2 Å². The van der Waals surface area contributed by atoms with E-state index in [1.807, 2.05) is 30.3 Å². The van der Waals surface area contributed by atoms with Gasteiger partial charge in [-0.2, -0.15) is 0 Å². The largest absolute Gasteiger partial charge is 0.492 e. The summed E-state index contributed by atoms with van der Waals surface area (Å²) in [5.74, 6) is 0.285. The van der Waals surface area contributed by atoms with Gasteiger partial charge < -0.3 is 24.8 Å². The van der Waals surface area contributed by atoms with Crippen molar-refractivity contribution in [1.82, 2.24) is 0 Å². The predicted octanol–water partition coefficient (Wildman–Crippen LogP) is -1.37. The number of hydrogen-bond acceptors (Lipinski definition) is 5. The van der Waals surface area contributed by atoms with Crippen LogP contribution < -0.4 is 15.7 Å². The molecule has 0 unspecified atom stereocenters. The number of ether oxygens (including phenoxy) is 1. The van der Waals surface area contributed by atoms with E-state index < -0.39 is 14.2 Å². The zero-order chi connectivity index (χ0) is 14.5. The summed E-state index contributed by atoms with van der Waals surface area (Å²) < 4.78 is 5.54. The Morgan fingerprint density at radius 1 is 0.850 bits per heavy atom. The molecule has 0 fully saturated rings. The van der Waals surface area contributed by atoms with Crippen LogP contribution in [0.25, 0.3) is 0 Å². The average molecular weight is 272 g/mol. The quantitative estimate of drug-likeness (QED) is 0.504. The molecule has 4 N–H and O–H groups in total. The molecule has 0 bridgehead atoms. The molecule has 7 heteroatoms. The molecular formula is C13H14B2O5. The van der Waals surface area contributed by atoms with Gasteiger partial charge in [0.05, 0.1) is 0 Å². The highest BCUT2D eigenvalue weighted by atomic mass is 16.5. The van der Waals surface area contributed by atoms with E-state index in [2.05, 4.69) is 0 Å². The Kier molecular flexibility index (Phi) is 4.81. The van der Waals surface area contributed by atoms with Gasteiger partial charge in [0.1, 0.15) is 12.4 Å². The van der Waals surface area contributed by atoms with Crippen LogP contribution in [0.2, 0.25) is 0 Å². The Labute approximate surface area is 117 Å². The normalized spacial score (nSPS) is 10.2. The molecule has 2 aromatic rings. The van der Waals surface area contributed by atoms with Crippen LogP contribution in [0.15, 0.2) is 48.5 Å². The van der Waals surface area contributed by atoms with Gasteiger partial charge in [0.25, 0.3) is 0 Å². The lowest BCUT2D eigenvalue weighted by molar-refractivity contribution is 0.306. The summed E-state index contributed by atoms with van der Waals surface area (Å²) in [5, 5.41) is 36.8. The van der Waals surface area contributed by atoms with Crippen molar-refractivity contribution in [2.24, 2.45) is 0 Å². The highest BCUT2D eigenvalue weighted by Crippen LogP contribution is 2.10. The average Bonchev–Trinajstić information content (AvgIpc) is 2.45. The SMILES string of the molecule is OB(O)c1ccc(OCc2ccccc2)c(B(O)O)c1. The van der Waals surface area contributed by atoms with Gasteiger partial charge in [0, 0.05) is 5.46 Å². The summed E-state index contributed by atoms with van der Waals surface area (Å²) in [6, 6.07) is 13.7. The van der Waals surface area contributed by atoms with Crippen molar-refractivity contribution in [3.8, 4) is 5.75 Å². The topological polar surface area (TPSA) is 90.2 Å². The van der Waals surface area contributed by atoms with Gasteiger partial charge in [-0.05, 0) is 17.1 Å². The van der Waals surface area contributed by atoms with E-state index in [9.17, 15) is 10.0 Å². The first kappa shape index (κ1) is 14.6. The molecule has 0 aliphatic carbocycles. The standard InChI is InChI=1S/C13H14B2O5/c16-14(17)11-6-7-13(12(8-11)15(18)19)20-9-10-4-2-1-3-5-10/h1-8,16-19H,9H2. The highest BCUT2D eigenvalue weighted by Gasteiger charge is 2.21. The summed E-state index contributed by atoms with van der Waals surface area (Å²) in [5.41, 5.74) is 1.20. The molecule has 0 spiro atoms. The van der Waals surface area contributed by atoms with E-state index in [1.165, 1.54) is 18.2 Å². The van der Waals surface area contributed by atoms with Crippen LogP contribution in [0, 0.1) is 0 Å². The second-order valence-electron chi connectivity index (χ2n) is 4.32. The number of hydrogen-bond donors (Lipinski definition) is 4. The maximum Gasteiger partial charge on any atom is 0.492 e. The van der Waals surface area contributed by atoms with Crippen LogP contribution in [0.3, 0.4) is 0 Å². The summed E-state index contributed by atoms with van der Waals surface area (Å²) in [7, 11) is -3.42. The fraction of sp³-hybridized carbons (Fsp3) is 0.0769. The molecule has 0 aliphatic rings. The van der Waals surface area contributed by atoms with Gasteiger partial charge in [-0.1, -0.05) is 42.5 Å². The zero-order valence-corrected chi connectivity index (χ0v) is 10.7. The van der Waals surface area contributed by atoms with Gasteiger partial charge in [-0.25, -0.2) is 0 Å². The molecule has 2 aromatic carbocycles. The summed E-state index contributed by atoms with van der Waals surface area (Å²) >= 11 is 0. The summed E-state index contributed by atoms with van der Waals surface area (Å²) in [4.78, 5) is 0. The summed E-state index contributed by atoms with van der Waals surface area (Å²) in [6.45, 7) is 0.279. The minimum Gasteiger partial charge on any atom is -0.489 e. The zero-order valence-electron chi connectivity index (χ0n) is 10.7. The van der Waals surface area contributed by atoms with E-state index in [4.69, 9.17) is 14.8 Å². The molecule has 102 valence electrons. The van der Waals surface area contributed by atoms with Crippen LogP contribution in [0.1, 0.15) is 5.56 Å². The molecule has 0 radical (unpaired) electrons. The number of benzene rings is 2. The first-order valence-electron chi connectivity index (χ1n) is 6.11. The van der Waals surface area contributed by atoms with Crippen LogP contribution in [-0.2, 0) is 6.61 Å². The molecular weight excluding hydrogens is 258 g/mol. The Hall–Kier alpha value is -1.79. The smallest absolute Gasteiger partial charge is 0.489 e. The fourth-order valence-corrected chi connectivity index (χ4v) is 1.80. The van der Waals surface area contributed by atoms with E-state index in [0.29, 0.717) is 0 Å². The lowest BCUT2D eigenvalue weighted by atomic mass is 9.72. The van der Waals surface area contributed by atoms with Gasteiger partial charge in [-0.3, -0.25) is 0 Å². The van der Waals surface area contributed by atoms with Crippen LogP contribution >= 0.6 is 0 Å². The molecule has 20 heavy (non-hydrogen) atoms. The molecule has 0 atom stereocenters. The van der Waals surface area contributed by atoms with Crippen LogP contribution in [-0.4, -0.2) is 34.3 Å². The van der Waals surface area contributed by atoms with Gasteiger partial charge in [0.15, 0.2) is 0 Å². The van der Waals surface area contributed by atoms with E-state index >= 15 is 0 Å². The van der Waals surface area contributed by atoms with Crippen LogP contribution in [0.4, 0.5) is 0 Å². The fourth-order valence-electron chi connectivity index (χ4n) is 1.80. The maximum absolute atomic E-state index is 9.32. The van der Waals surface area contributed by atoms with Gasteiger partial charge in [0.2, 0.25) is 0 Å². The second-order valence-corrected chi connectivity index (χ2v) is 4.32. The highest BCUT2D eigenvalue weighted by molar-refractivity contribution is 6.63. The van der Waals surface area contributed by atoms with Crippen molar-refractivity contribution in [3.63, 3.8) is 0 Å². The Bertz CT molecular complexity index is 560. The van der Waals surface area contributed by atoms with Gasteiger partial charge >= 0.3 is 14.2 Å². The van der Waals surface area contributed by atoms with Crippen molar-refractivity contribution in [3.05, 3.63) is 54.1 Å². The molecule has 2 rings (SSSR count). The Morgan fingerprint density at radius 2 is 1.55 bits per heavy atom. The third-order valence-electron chi connectivity index (χ3n) is 2.85.